The van der Waals surface area contributed by atoms with Gasteiger partial charge in [0.2, 0.25) is 11.8 Å². The first-order chi connectivity index (χ1) is 17.5. The highest BCUT2D eigenvalue weighted by molar-refractivity contribution is 6.31. The molecule has 1 unspecified atom stereocenters. The number of nitrogen functional groups attached to an aromatic ring is 1. The number of amides is 3. The number of alkyl halides is 5. The number of aromatic nitrogens is 4. The van der Waals surface area contributed by atoms with Gasteiger partial charge in [-0.15, -0.1) is 0 Å². The summed E-state index contributed by atoms with van der Waals surface area (Å²) in [6, 6.07) is 4.16. The SMILES string of the molecule is CC(=O)N(N)C(=O)C1(C)C(=O)Nc2nc(-n3nc(CCC(F)(F)C(F)(F)F)c4cc(Cl)ccc43)nc(N)c21. The molecule has 1 aromatic carbocycles. The Morgan fingerprint density at radius 3 is 2.47 bits per heavy atom. The van der Waals surface area contributed by atoms with Gasteiger partial charge in [0, 0.05) is 23.8 Å². The molecule has 38 heavy (non-hydrogen) atoms. The fraction of sp³-hybridized carbons (Fsp3) is 0.333. The van der Waals surface area contributed by atoms with E-state index in [-0.39, 0.29) is 49.8 Å². The summed E-state index contributed by atoms with van der Waals surface area (Å²) in [4.78, 5) is 45.5. The summed E-state index contributed by atoms with van der Waals surface area (Å²) in [5, 5.41) is 7.05. The van der Waals surface area contributed by atoms with Crippen LogP contribution in [0.2, 0.25) is 5.02 Å². The molecule has 0 radical (unpaired) electrons. The number of rotatable bonds is 5. The summed E-state index contributed by atoms with van der Waals surface area (Å²) in [5.74, 6) is -3.20. The second kappa shape index (κ2) is 8.83. The van der Waals surface area contributed by atoms with E-state index in [9.17, 15) is 36.3 Å². The Kier molecular flexibility index (Phi) is 6.31. The van der Waals surface area contributed by atoms with Gasteiger partial charge in [0.1, 0.15) is 11.6 Å². The number of nitrogens with two attached hydrogens (primary N) is 2. The number of hydrogen-bond donors (Lipinski definition) is 3. The lowest BCUT2D eigenvalue weighted by Gasteiger charge is -2.25. The van der Waals surface area contributed by atoms with Crippen LogP contribution in [0.15, 0.2) is 18.2 Å². The molecule has 17 heteroatoms. The number of carbonyl (C=O) groups excluding carboxylic acids is 3. The van der Waals surface area contributed by atoms with Crippen molar-refractivity contribution < 1.29 is 36.3 Å². The minimum Gasteiger partial charge on any atom is -0.383 e. The molecule has 0 saturated carbocycles. The molecule has 1 aliphatic rings. The van der Waals surface area contributed by atoms with Gasteiger partial charge in [-0.25, -0.2) is 10.9 Å². The Morgan fingerprint density at radius 1 is 1.21 bits per heavy atom. The molecule has 3 heterocycles. The van der Waals surface area contributed by atoms with Crippen LogP contribution in [0.25, 0.3) is 16.9 Å². The highest BCUT2D eigenvalue weighted by Gasteiger charge is 2.57. The molecule has 202 valence electrons. The normalized spacial score (nSPS) is 17.4. The highest BCUT2D eigenvalue weighted by atomic mass is 35.5. The summed E-state index contributed by atoms with van der Waals surface area (Å²) >= 11 is 6.00. The number of imide groups is 1. The number of hydrogen-bond acceptors (Lipinski definition) is 8. The van der Waals surface area contributed by atoms with Crippen LogP contribution in [-0.2, 0) is 26.2 Å². The van der Waals surface area contributed by atoms with E-state index in [0.717, 1.165) is 11.6 Å². The van der Waals surface area contributed by atoms with Crippen molar-refractivity contribution in [3.8, 4) is 5.95 Å². The van der Waals surface area contributed by atoms with Crippen LogP contribution in [0.4, 0.5) is 33.6 Å². The van der Waals surface area contributed by atoms with Crippen molar-refractivity contribution >= 4 is 51.9 Å². The van der Waals surface area contributed by atoms with E-state index in [1.807, 2.05) is 0 Å². The van der Waals surface area contributed by atoms with Crippen molar-refractivity contribution in [2.45, 2.75) is 44.2 Å². The summed E-state index contributed by atoms with van der Waals surface area (Å²) < 4.78 is 66.2. The number of carbonyl (C=O) groups is 3. The lowest BCUT2D eigenvalue weighted by Crippen LogP contribution is -2.53. The highest BCUT2D eigenvalue weighted by Crippen LogP contribution is 2.42. The third kappa shape index (κ3) is 4.18. The average Bonchev–Trinajstić information content (AvgIpc) is 3.30. The fourth-order valence-electron chi connectivity index (χ4n) is 3.98. The minimum absolute atomic E-state index is 0.154. The predicted molar refractivity (Wildman–Crippen MR) is 123 cm³/mol. The number of anilines is 2. The maximum atomic E-state index is 13.6. The van der Waals surface area contributed by atoms with E-state index in [1.165, 1.54) is 25.1 Å². The molecule has 4 rings (SSSR count). The van der Waals surface area contributed by atoms with E-state index in [0.29, 0.717) is 0 Å². The summed E-state index contributed by atoms with van der Waals surface area (Å²) in [7, 11) is 0. The Labute approximate surface area is 214 Å². The number of hydrazine groups is 1. The zero-order valence-electron chi connectivity index (χ0n) is 19.5. The summed E-state index contributed by atoms with van der Waals surface area (Å²) in [6.07, 6.45) is -8.10. The molecular formula is C21H18ClF5N8O3. The lowest BCUT2D eigenvalue weighted by atomic mass is 9.83. The lowest BCUT2D eigenvalue weighted by molar-refractivity contribution is -0.284. The van der Waals surface area contributed by atoms with Crippen LogP contribution < -0.4 is 16.9 Å². The van der Waals surface area contributed by atoms with Gasteiger partial charge in [-0.1, -0.05) is 11.6 Å². The molecule has 0 spiro atoms. The third-order valence-electron chi connectivity index (χ3n) is 6.10. The molecule has 0 saturated heterocycles. The molecule has 0 aliphatic carbocycles. The monoisotopic (exact) mass is 560 g/mol. The molecule has 3 amide bonds. The van der Waals surface area contributed by atoms with E-state index < -0.39 is 48.1 Å². The fourth-order valence-corrected chi connectivity index (χ4v) is 4.16. The van der Waals surface area contributed by atoms with Crippen molar-refractivity contribution in [1.82, 2.24) is 24.8 Å². The van der Waals surface area contributed by atoms with Gasteiger partial charge in [0.15, 0.2) is 5.41 Å². The molecule has 3 aromatic rings. The third-order valence-corrected chi connectivity index (χ3v) is 6.33. The number of fused-ring (bicyclic) bond motifs is 2. The number of nitrogens with one attached hydrogen (secondary N) is 1. The topological polar surface area (TPSA) is 162 Å². The number of nitrogens with zero attached hydrogens (tertiary/aromatic N) is 5. The van der Waals surface area contributed by atoms with Gasteiger partial charge in [0.05, 0.1) is 16.8 Å². The van der Waals surface area contributed by atoms with Crippen molar-refractivity contribution in [2.75, 3.05) is 11.1 Å². The van der Waals surface area contributed by atoms with Crippen LogP contribution in [0, 0.1) is 0 Å². The Bertz CT molecular complexity index is 1510. The van der Waals surface area contributed by atoms with Crippen LogP contribution in [0.5, 0.6) is 0 Å². The summed E-state index contributed by atoms with van der Waals surface area (Å²) in [5.41, 5.74) is 3.87. The second-order valence-electron chi connectivity index (χ2n) is 8.63. The van der Waals surface area contributed by atoms with E-state index in [1.54, 1.807) is 0 Å². The zero-order chi connectivity index (χ0) is 28.4. The molecule has 0 bridgehead atoms. The number of benzene rings is 1. The van der Waals surface area contributed by atoms with Crippen molar-refractivity contribution in [2.24, 2.45) is 5.84 Å². The smallest absolute Gasteiger partial charge is 0.383 e. The van der Waals surface area contributed by atoms with Crippen LogP contribution >= 0.6 is 11.6 Å². The largest absolute Gasteiger partial charge is 0.453 e. The molecular weight excluding hydrogens is 543 g/mol. The maximum Gasteiger partial charge on any atom is 0.453 e. The number of aryl methyl sites for hydroxylation is 1. The van der Waals surface area contributed by atoms with Crippen molar-refractivity contribution in [3.63, 3.8) is 0 Å². The van der Waals surface area contributed by atoms with Gasteiger partial charge in [-0.3, -0.25) is 14.4 Å². The average molecular weight is 561 g/mol. The molecule has 0 fully saturated rings. The van der Waals surface area contributed by atoms with Gasteiger partial charge >= 0.3 is 12.1 Å². The first-order valence-corrected chi connectivity index (χ1v) is 11.1. The van der Waals surface area contributed by atoms with Crippen LogP contribution in [0.1, 0.15) is 31.5 Å². The molecule has 1 aliphatic heterocycles. The van der Waals surface area contributed by atoms with Crippen molar-refractivity contribution in [3.05, 3.63) is 34.5 Å². The Balaban J connectivity index is 1.81. The Hall–Kier alpha value is -3.92. The van der Waals surface area contributed by atoms with Gasteiger partial charge < -0.3 is 11.1 Å². The zero-order valence-corrected chi connectivity index (χ0v) is 20.3. The minimum atomic E-state index is -5.75. The Morgan fingerprint density at radius 2 is 1.87 bits per heavy atom. The van der Waals surface area contributed by atoms with E-state index in [4.69, 9.17) is 23.2 Å². The van der Waals surface area contributed by atoms with Crippen LogP contribution in [-0.4, -0.2) is 54.6 Å². The first kappa shape index (κ1) is 27.1. The van der Waals surface area contributed by atoms with Crippen molar-refractivity contribution in [1.29, 1.82) is 0 Å². The van der Waals surface area contributed by atoms with Crippen LogP contribution in [0.3, 0.4) is 0 Å². The molecule has 5 N–H and O–H groups in total. The van der Waals surface area contributed by atoms with E-state index >= 15 is 0 Å². The number of halogens is 6. The quantitative estimate of drug-likeness (QED) is 0.141. The summed E-state index contributed by atoms with van der Waals surface area (Å²) in [6.45, 7) is 2.18. The van der Waals surface area contributed by atoms with Gasteiger partial charge in [-0.05, 0) is 31.5 Å². The maximum absolute atomic E-state index is 13.6. The molecule has 11 nitrogen and oxygen atoms in total. The second-order valence-corrected chi connectivity index (χ2v) is 9.06. The first-order valence-electron chi connectivity index (χ1n) is 10.7. The van der Waals surface area contributed by atoms with Gasteiger partial charge in [0.25, 0.3) is 11.9 Å². The van der Waals surface area contributed by atoms with E-state index in [2.05, 4.69) is 20.4 Å². The molecule has 2 aromatic heterocycles. The molecule has 1 atom stereocenters. The van der Waals surface area contributed by atoms with Gasteiger partial charge in [-0.2, -0.15) is 41.7 Å². The standard InChI is InChI=1S/C21H18ClF5N8O3/c1-8(36)34(29)17(38)19(2)13-14(28)30-18(32-15(13)31-16(19)37)35-12-4-3-9(22)7-10(12)11(33-35)5-6-20(23,24)21(25,26)27/h3-4,7H,5-6,29H2,1-2H3,(H3,28,30,31,32,37). The predicted octanol–water partition coefficient (Wildman–Crippen LogP) is 2.64.